The number of nitrogens with zero attached hydrogens (tertiary/aromatic N) is 4. The van der Waals surface area contributed by atoms with Gasteiger partial charge in [0, 0.05) is 50.1 Å². The first-order valence-corrected chi connectivity index (χ1v) is 17.0. The van der Waals surface area contributed by atoms with E-state index in [4.69, 9.17) is 15.0 Å². The molecular weight excluding hydrogens is 581 g/mol. The molecule has 0 bridgehead atoms. The lowest BCUT2D eigenvalue weighted by molar-refractivity contribution is 0.618. The number of imidazole rings is 1. The average molecular weight is 621 g/mol. The Kier molecular flexibility index (Phi) is 7.60. The molecule has 0 saturated carbocycles. The molecule has 0 spiro atoms. The summed E-state index contributed by atoms with van der Waals surface area (Å²) in [5, 5.41) is 2.44. The fraction of sp³-hybridized carbons (Fsp3) is 0.244. The predicted molar refractivity (Wildman–Crippen MR) is 194 cm³/mol. The molecule has 0 fully saturated rings. The van der Waals surface area contributed by atoms with Crippen LogP contribution in [0, 0.1) is 6.92 Å². The molecule has 0 amide bonds. The highest BCUT2D eigenvalue weighted by Gasteiger charge is 2.27. The zero-order valence-electron chi connectivity index (χ0n) is 27.7. The Morgan fingerprint density at radius 1 is 0.739 bits per heavy atom. The third-order valence-corrected chi connectivity index (χ3v) is 10.4. The lowest BCUT2D eigenvalue weighted by Crippen LogP contribution is -2.21. The van der Waals surface area contributed by atoms with E-state index >= 15 is 0 Å². The first-order valence-electron chi connectivity index (χ1n) is 16.2. The van der Waals surface area contributed by atoms with E-state index in [2.05, 4.69) is 143 Å². The minimum absolute atomic E-state index is 0.338. The van der Waals surface area contributed by atoms with Crippen molar-refractivity contribution in [2.75, 3.05) is 0 Å². The molecule has 0 aliphatic rings. The van der Waals surface area contributed by atoms with Gasteiger partial charge in [0.2, 0.25) is 0 Å². The molecule has 5 heteroatoms. The van der Waals surface area contributed by atoms with Crippen LogP contribution in [-0.2, 0) is 5.41 Å². The average Bonchev–Trinajstić information content (AvgIpc) is 3.69. The maximum absolute atomic E-state index is 5.31. The molecule has 4 heterocycles. The van der Waals surface area contributed by atoms with Gasteiger partial charge in [0.1, 0.15) is 10.7 Å². The Hall–Kier alpha value is -4.61. The van der Waals surface area contributed by atoms with Gasteiger partial charge in [-0.05, 0) is 65.8 Å². The van der Waals surface area contributed by atoms with Crippen molar-refractivity contribution in [1.82, 2.24) is 19.5 Å². The van der Waals surface area contributed by atoms with Gasteiger partial charge in [0.05, 0.1) is 17.1 Å². The fourth-order valence-corrected chi connectivity index (χ4v) is 7.83. The molecule has 230 valence electrons. The van der Waals surface area contributed by atoms with Gasteiger partial charge in [-0.1, -0.05) is 102 Å². The number of pyridine rings is 2. The second-order valence-corrected chi connectivity index (χ2v) is 14.4. The standard InChI is InChI=1S/C41H40N4S/c1-25(2)30-14-9-15-31(26(3)4)37(30)45-23-22-42-39(45)28-12-8-13-29(24-28)41(6,7)36-19-11-18-35(44-36)34-17-10-16-32-33-21-20-27(5)43-40(33)46-38(32)34/h8-26H,1-7H3. The number of aromatic nitrogens is 4. The molecule has 7 aromatic rings. The van der Waals surface area contributed by atoms with E-state index in [1.54, 1.807) is 11.3 Å². The Morgan fingerprint density at radius 2 is 1.46 bits per heavy atom. The first-order chi connectivity index (χ1) is 22.1. The van der Waals surface area contributed by atoms with Crippen molar-refractivity contribution in [2.24, 2.45) is 0 Å². The Labute approximate surface area is 275 Å². The first kappa shape index (κ1) is 30.1. The molecule has 0 atom stereocenters. The van der Waals surface area contributed by atoms with Crippen molar-refractivity contribution in [3.05, 3.63) is 131 Å². The summed E-state index contributed by atoms with van der Waals surface area (Å²) >= 11 is 1.75. The zero-order chi connectivity index (χ0) is 32.2. The van der Waals surface area contributed by atoms with Crippen LogP contribution in [-0.4, -0.2) is 19.5 Å². The fourth-order valence-electron chi connectivity index (χ4n) is 6.59. The van der Waals surface area contributed by atoms with Gasteiger partial charge in [-0.3, -0.25) is 9.55 Å². The van der Waals surface area contributed by atoms with E-state index < -0.39 is 0 Å². The summed E-state index contributed by atoms with van der Waals surface area (Å²) in [4.78, 5) is 16.1. The summed E-state index contributed by atoms with van der Waals surface area (Å²) < 4.78 is 3.52. The van der Waals surface area contributed by atoms with Crippen LogP contribution in [0.2, 0.25) is 0 Å². The van der Waals surface area contributed by atoms with Crippen molar-refractivity contribution in [1.29, 1.82) is 0 Å². The molecule has 0 aliphatic heterocycles. The van der Waals surface area contributed by atoms with Crippen LogP contribution in [0.1, 0.15) is 81.5 Å². The lowest BCUT2D eigenvalue weighted by Gasteiger charge is -2.26. The Morgan fingerprint density at radius 3 is 2.22 bits per heavy atom. The highest BCUT2D eigenvalue weighted by molar-refractivity contribution is 7.26. The van der Waals surface area contributed by atoms with Crippen LogP contribution in [0.15, 0.2) is 103 Å². The number of hydrogen-bond acceptors (Lipinski definition) is 4. The maximum Gasteiger partial charge on any atom is 0.144 e. The van der Waals surface area contributed by atoms with Crippen molar-refractivity contribution < 1.29 is 0 Å². The van der Waals surface area contributed by atoms with E-state index in [-0.39, 0.29) is 5.41 Å². The van der Waals surface area contributed by atoms with Crippen LogP contribution >= 0.6 is 11.3 Å². The molecular formula is C41H40N4S. The number of benzene rings is 3. The zero-order valence-corrected chi connectivity index (χ0v) is 28.5. The molecule has 0 unspecified atom stereocenters. The predicted octanol–water partition coefficient (Wildman–Crippen LogP) is 11.2. The second-order valence-electron chi connectivity index (χ2n) is 13.4. The number of aryl methyl sites for hydroxylation is 1. The third kappa shape index (κ3) is 5.13. The highest BCUT2D eigenvalue weighted by atomic mass is 32.1. The minimum atomic E-state index is -0.338. The number of thiophene rings is 1. The van der Waals surface area contributed by atoms with Crippen LogP contribution in [0.25, 0.3) is 48.6 Å². The molecule has 0 saturated heterocycles. The minimum Gasteiger partial charge on any atom is -0.299 e. The number of rotatable bonds is 7. The highest BCUT2D eigenvalue weighted by Crippen LogP contribution is 2.40. The van der Waals surface area contributed by atoms with Gasteiger partial charge in [-0.2, -0.15) is 0 Å². The SMILES string of the molecule is Cc1ccc2c(n1)sc1c(-c3cccc(C(C)(C)c4cccc(-c5nccn5-c5c(C(C)C)cccc5C(C)C)c4)n3)cccc12. The van der Waals surface area contributed by atoms with Crippen LogP contribution in [0.4, 0.5) is 0 Å². The summed E-state index contributed by atoms with van der Waals surface area (Å²) in [5.41, 5.74) is 10.1. The van der Waals surface area contributed by atoms with Gasteiger partial charge >= 0.3 is 0 Å². The molecule has 46 heavy (non-hydrogen) atoms. The Balaban J connectivity index is 1.30. The van der Waals surface area contributed by atoms with Gasteiger partial charge < -0.3 is 0 Å². The van der Waals surface area contributed by atoms with Crippen molar-refractivity contribution >= 4 is 31.6 Å². The summed E-state index contributed by atoms with van der Waals surface area (Å²) in [7, 11) is 0. The number of hydrogen-bond donors (Lipinski definition) is 0. The van der Waals surface area contributed by atoms with E-state index in [1.165, 1.54) is 37.9 Å². The summed E-state index contributed by atoms with van der Waals surface area (Å²) in [6, 6.07) is 32.8. The molecule has 4 aromatic heterocycles. The quantitative estimate of drug-likeness (QED) is 0.178. The number of para-hydroxylation sites is 1. The molecule has 4 nitrogen and oxygen atoms in total. The largest absolute Gasteiger partial charge is 0.299 e. The molecule has 0 N–H and O–H groups in total. The smallest absolute Gasteiger partial charge is 0.144 e. The second kappa shape index (κ2) is 11.6. The molecule has 0 aliphatic carbocycles. The van der Waals surface area contributed by atoms with E-state index in [0.29, 0.717) is 11.8 Å². The van der Waals surface area contributed by atoms with Crippen molar-refractivity contribution in [3.63, 3.8) is 0 Å². The molecule has 0 radical (unpaired) electrons. The van der Waals surface area contributed by atoms with Gasteiger partial charge in [0.25, 0.3) is 0 Å². The maximum atomic E-state index is 5.31. The van der Waals surface area contributed by atoms with E-state index in [9.17, 15) is 0 Å². The van der Waals surface area contributed by atoms with Crippen LogP contribution < -0.4 is 0 Å². The third-order valence-electron chi connectivity index (χ3n) is 9.24. The van der Waals surface area contributed by atoms with Crippen molar-refractivity contribution in [2.45, 2.75) is 65.7 Å². The topological polar surface area (TPSA) is 43.6 Å². The van der Waals surface area contributed by atoms with E-state index in [1.807, 2.05) is 13.1 Å². The summed E-state index contributed by atoms with van der Waals surface area (Å²) in [6.07, 6.45) is 4.03. The lowest BCUT2D eigenvalue weighted by atomic mass is 9.80. The van der Waals surface area contributed by atoms with Gasteiger partial charge in [-0.15, -0.1) is 11.3 Å². The van der Waals surface area contributed by atoms with Gasteiger partial charge in [0.15, 0.2) is 0 Å². The molecule has 7 rings (SSSR count). The summed E-state index contributed by atoms with van der Waals surface area (Å²) in [5.74, 6) is 1.74. The monoisotopic (exact) mass is 620 g/mol. The summed E-state index contributed by atoms with van der Waals surface area (Å²) in [6.45, 7) is 15.6. The van der Waals surface area contributed by atoms with Crippen molar-refractivity contribution in [3.8, 4) is 28.3 Å². The molecule has 3 aromatic carbocycles. The number of fused-ring (bicyclic) bond motifs is 3. The van der Waals surface area contributed by atoms with Gasteiger partial charge in [-0.25, -0.2) is 9.97 Å². The van der Waals surface area contributed by atoms with E-state index in [0.717, 1.165) is 38.9 Å². The van der Waals surface area contributed by atoms with Crippen LogP contribution in [0.3, 0.4) is 0 Å². The van der Waals surface area contributed by atoms with Crippen LogP contribution in [0.5, 0.6) is 0 Å². The Bertz CT molecular complexity index is 2190. The normalized spacial score (nSPS) is 12.2.